The Hall–Kier alpha value is 0.680. The average molecular weight is 358 g/mol. The molecule has 2 heteroatoms. The van der Waals surface area contributed by atoms with Crippen LogP contribution in [0.3, 0.4) is 0 Å². The molecule has 1 aromatic carbocycles. The van der Waals surface area contributed by atoms with Crippen LogP contribution in [0.5, 0.6) is 0 Å². The maximum atomic E-state index is 2.40. The van der Waals surface area contributed by atoms with Crippen LogP contribution < -0.4 is 0 Å². The van der Waals surface area contributed by atoms with Crippen molar-refractivity contribution < 1.29 is 0 Å². The normalized spacial score (nSPS) is 9.80. The second-order valence-electron chi connectivity index (χ2n) is 2.04. The van der Waals surface area contributed by atoms with Crippen molar-refractivity contribution in [3.05, 3.63) is 35.4 Å². The maximum Gasteiger partial charge on any atom is 0.0250 e. The smallest absolute Gasteiger partial charge is 0.0250 e. The highest BCUT2D eigenvalue weighted by atomic mass is 127. The lowest BCUT2D eigenvalue weighted by Gasteiger charge is -2.00. The van der Waals surface area contributed by atoms with Crippen molar-refractivity contribution in [2.45, 2.75) is 8.86 Å². The van der Waals surface area contributed by atoms with Gasteiger partial charge in [-0.25, -0.2) is 0 Å². The number of hydrogen-bond donors (Lipinski definition) is 0. The summed E-state index contributed by atoms with van der Waals surface area (Å²) in [4.78, 5) is 0. The number of hydrogen-bond acceptors (Lipinski definition) is 0. The summed E-state index contributed by atoms with van der Waals surface area (Å²) in [6.45, 7) is 0. The molecule has 0 radical (unpaired) electrons. The minimum Gasteiger partial charge on any atom is -0.0812 e. The largest absolute Gasteiger partial charge is 0.0812 e. The fraction of sp³-hybridized carbons (Fsp3) is 0.250. The highest BCUT2D eigenvalue weighted by Crippen LogP contribution is 2.15. The summed E-state index contributed by atoms with van der Waals surface area (Å²) < 4.78 is 2.24. The molecule has 0 aromatic heterocycles. The van der Waals surface area contributed by atoms with E-state index < -0.39 is 0 Å². The predicted octanol–water partition coefficient (Wildman–Crippen LogP) is 3.56. The fourth-order valence-electron chi connectivity index (χ4n) is 0.818. The molecule has 10 heavy (non-hydrogen) atoms. The summed E-state index contributed by atoms with van der Waals surface area (Å²) in [5.74, 6) is 0. The molecule has 0 nitrogen and oxygen atoms in total. The Labute approximate surface area is 88.7 Å². The Bertz CT molecular complexity index is 185. The van der Waals surface area contributed by atoms with Gasteiger partial charge in [-0.2, -0.15) is 0 Å². The highest BCUT2D eigenvalue weighted by Gasteiger charge is 1.95. The van der Waals surface area contributed by atoms with Crippen molar-refractivity contribution in [3.8, 4) is 0 Å². The fourth-order valence-corrected chi connectivity index (χ4v) is 2.31. The molecule has 0 aliphatic carbocycles. The van der Waals surface area contributed by atoms with E-state index in [-0.39, 0.29) is 0 Å². The van der Waals surface area contributed by atoms with Gasteiger partial charge >= 0.3 is 0 Å². The molecule has 0 aliphatic rings. The molecule has 0 unspecified atom stereocenters. The highest BCUT2D eigenvalue weighted by molar-refractivity contribution is 14.1. The van der Waals surface area contributed by atoms with Gasteiger partial charge in [-0.1, -0.05) is 69.4 Å². The van der Waals surface area contributed by atoms with Crippen molar-refractivity contribution in [3.63, 3.8) is 0 Å². The Morgan fingerprint density at radius 3 is 1.60 bits per heavy atom. The predicted molar refractivity (Wildman–Crippen MR) is 61.9 cm³/mol. The molecule has 0 saturated carbocycles. The molecule has 0 bridgehead atoms. The van der Waals surface area contributed by atoms with Crippen LogP contribution in [0.1, 0.15) is 11.1 Å². The lowest BCUT2D eigenvalue weighted by atomic mass is 10.1. The molecule has 0 amide bonds. The van der Waals surface area contributed by atoms with E-state index in [0.29, 0.717) is 0 Å². The van der Waals surface area contributed by atoms with Gasteiger partial charge in [0, 0.05) is 8.86 Å². The van der Waals surface area contributed by atoms with Crippen LogP contribution in [-0.4, -0.2) is 0 Å². The SMILES string of the molecule is ICc1ccccc1CI. The van der Waals surface area contributed by atoms with Crippen molar-refractivity contribution in [2.24, 2.45) is 0 Å². The van der Waals surface area contributed by atoms with E-state index in [2.05, 4.69) is 69.4 Å². The number of benzene rings is 1. The summed E-state index contributed by atoms with van der Waals surface area (Å²) in [5, 5.41) is 0. The first-order valence-electron chi connectivity index (χ1n) is 3.07. The lowest BCUT2D eigenvalue weighted by Crippen LogP contribution is -1.84. The van der Waals surface area contributed by atoms with E-state index >= 15 is 0 Å². The van der Waals surface area contributed by atoms with Crippen LogP contribution in [0.25, 0.3) is 0 Å². The molecule has 0 aliphatic heterocycles. The molecule has 1 aromatic rings. The summed E-state index contributed by atoms with van der Waals surface area (Å²) >= 11 is 4.80. The van der Waals surface area contributed by atoms with E-state index in [4.69, 9.17) is 0 Å². The molecule has 0 spiro atoms. The second kappa shape index (κ2) is 4.54. The van der Waals surface area contributed by atoms with Crippen LogP contribution in [-0.2, 0) is 8.86 Å². The molecule has 1 rings (SSSR count). The Morgan fingerprint density at radius 2 is 1.30 bits per heavy atom. The lowest BCUT2D eigenvalue weighted by molar-refractivity contribution is 1.32. The average Bonchev–Trinajstić information content (AvgIpc) is 2.04. The summed E-state index contributed by atoms with van der Waals surface area (Å²) in [6.07, 6.45) is 0. The van der Waals surface area contributed by atoms with Gasteiger partial charge in [-0.05, 0) is 11.1 Å². The third-order valence-corrected chi connectivity index (χ3v) is 3.05. The first-order chi connectivity index (χ1) is 4.88. The molecule has 54 valence electrons. The quantitative estimate of drug-likeness (QED) is 0.561. The minimum absolute atomic E-state index is 1.12. The van der Waals surface area contributed by atoms with Crippen molar-refractivity contribution in [1.82, 2.24) is 0 Å². The van der Waals surface area contributed by atoms with Gasteiger partial charge in [-0.3, -0.25) is 0 Å². The van der Waals surface area contributed by atoms with E-state index in [9.17, 15) is 0 Å². The van der Waals surface area contributed by atoms with Crippen molar-refractivity contribution in [2.75, 3.05) is 0 Å². The van der Waals surface area contributed by atoms with Gasteiger partial charge in [-0.15, -0.1) is 0 Å². The first kappa shape index (κ1) is 8.77. The summed E-state index contributed by atoms with van der Waals surface area (Å²) in [5.41, 5.74) is 2.94. The van der Waals surface area contributed by atoms with Crippen molar-refractivity contribution in [1.29, 1.82) is 0 Å². The Kier molecular flexibility index (Phi) is 3.98. The van der Waals surface area contributed by atoms with Crippen LogP contribution >= 0.6 is 45.2 Å². The monoisotopic (exact) mass is 358 g/mol. The van der Waals surface area contributed by atoms with Crippen LogP contribution in [0.15, 0.2) is 24.3 Å². The standard InChI is InChI=1S/C8H8I2/c9-5-7-3-1-2-4-8(7)6-10/h1-4H,5-6H2. The second-order valence-corrected chi connectivity index (χ2v) is 3.56. The summed E-state index contributed by atoms with van der Waals surface area (Å²) in [7, 11) is 0. The molecule has 0 fully saturated rings. The van der Waals surface area contributed by atoms with Gasteiger partial charge in [0.2, 0.25) is 0 Å². The van der Waals surface area contributed by atoms with E-state index in [1.165, 1.54) is 11.1 Å². The van der Waals surface area contributed by atoms with E-state index in [1.807, 2.05) is 0 Å². The maximum absolute atomic E-state index is 2.40. The first-order valence-corrected chi connectivity index (χ1v) is 6.12. The van der Waals surface area contributed by atoms with Gasteiger partial charge in [0.05, 0.1) is 0 Å². The third kappa shape index (κ3) is 2.08. The molecule has 0 saturated heterocycles. The summed E-state index contributed by atoms with van der Waals surface area (Å²) in [6, 6.07) is 8.59. The molecular formula is C8H8I2. The zero-order valence-corrected chi connectivity index (χ0v) is 9.79. The van der Waals surface area contributed by atoms with Gasteiger partial charge in [0.25, 0.3) is 0 Å². The van der Waals surface area contributed by atoms with Gasteiger partial charge < -0.3 is 0 Å². The number of rotatable bonds is 2. The van der Waals surface area contributed by atoms with E-state index in [0.717, 1.165) is 8.86 Å². The topological polar surface area (TPSA) is 0 Å². The molecule has 0 atom stereocenters. The number of alkyl halides is 2. The zero-order valence-electron chi connectivity index (χ0n) is 5.48. The Morgan fingerprint density at radius 1 is 0.900 bits per heavy atom. The van der Waals surface area contributed by atoms with E-state index in [1.54, 1.807) is 0 Å². The molecule has 0 N–H and O–H groups in total. The van der Waals surface area contributed by atoms with Gasteiger partial charge in [0.1, 0.15) is 0 Å². The van der Waals surface area contributed by atoms with Crippen LogP contribution in [0.2, 0.25) is 0 Å². The molecular weight excluding hydrogens is 350 g/mol. The van der Waals surface area contributed by atoms with Crippen LogP contribution in [0.4, 0.5) is 0 Å². The zero-order chi connectivity index (χ0) is 7.40. The van der Waals surface area contributed by atoms with Crippen LogP contribution in [0, 0.1) is 0 Å². The molecule has 0 heterocycles. The third-order valence-electron chi connectivity index (χ3n) is 1.41. The minimum atomic E-state index is 1.12. The Balaban J connectivity index is 2.96. The van der Waals surface area contributed by atoms with Gasteiger partial charge in [0.15, 0.2) is 0 Å². The number of halogens is 2. The van der Waals surface area contributed by atoms with Crippen molar-refractivity contribution >= 4 is 45.2 Å².